The molecule has 0 aliphatic carbocycles. The molecule has 33 heavy (non-hydrogen) atoms. The number of methoxy groups -OCH3 is 1. The molecule has 0 bridgehead atoms. The maximum Gasteiger partial charge on any atom is 0.337 e. The second kappa shape index (κ2) is 11.2. The summed E-state index contributed by atoms with van der Waals surface area (Å²) in [4.78, 5) is 24.0. The number of nitriles is 1. The number of hydrogen-bond acceptors (Lipinski definition) is 5. The van der Waals surface area contributed by atoms with Crippen molar-refractivity contribution in [1.82, 2.24) is 0 Å². The lowest BCUT2D eigenvalue weighted by Crippen LogP contribution is -2.13. The zero-order valence-electron chi connectivity index (χ0n) is 17.5. The van der Waals surface area contributed by atoms with Crippen LogP contribution >= 0.6 is 23.2 Å². The first-order chi connectivity index (χ1) is 15.9. The average Bonchev–Trinajstić information content (AvgIpc) is 2.82. The smallest absolute Gasteiger partial charge is 0.337 e. The Morgan fingerprint density at radius 2 is 1.73 bits per heavy atom. The third-order valence-corrected chi connectivity index (χ3v) is 5.12. The SMILES string of the molecule is COC(=O)c1ccc(NC(=O)/C(C#N)=C/c2ccc(OCc3ccc(Cl)cc3Cl)cc2)cc1. The van der Waals surface area contributed by atoms with Crippen LogP contribution in [-0.2, 0) is 16.1 Å². The van der Waals surface area contributed by atoms with Crippen molar-refractivity contribution in [2.75, 3.05) is 12.4 Å². The molecule has 1 N–H and O–H groups in total. The van der Waals surface area contributed by atoms with Crippen LogP contribution in [0.25, 0.3) is 6.08 Å². The van der Waals surface area contributed by atoms with E-state index in [2.05, 4.69) is 10.1 Å². The monoisotopic (exact) mass is 480 g/mol. The van der Waals surface area contributed by atoms with E-state index in [1.807, 2.05) is 6.07 Å². The first kappa shape index (κ1) is 23.9. The Bertz CT molecular complexity index is 1230. The second-order valence-electron chi connectivity index (χ2n) is 6.79. The van der Waals surface area contributed by atoms with Gasteiger partial charge in [-0.05, 0) is 60.2 Å². The van der Waals surface area contributed by atoms with E-state index < -0.39 is 11.9 Å². The molecule has 0 saturated heterocycles. The zero-order chi connectivity index (χ0) is 23.8. The Hall–Kier alpha value is -3.79. The Kier molecular flexibility index (Phi) is 8.09. The van der Waals surface area contributed by atoms with E-state index in [1.165, 1.54) is 25.3 Å². The number of halogens is 2. The summed E-state index contributed by atoms with van der Waals surface area (Å²) in [5.41, 5.74) is 2.17. The molecular weight excluding hydrogens is 463 g/mol. The molecule has 0 spiro atoms. The van der Waals surface area contributed by atoms with Gasteiger partial charge in [-0.1, -0.05) is 41.4 Å². The average molecular weight is 481 g/mol. The summed E-state index contributed by atoms with van der Waals surface area (Å²) in [6.07, 6.45) is 1.47. The Labute approximate surface area is 201 Å². The molecule has 3 aromatic carbocycles. The van der Waals surface area contributed by atoms with Crippen LogP contribution in [0, 0.1) is 11.3 Å². The topological polar surface area (TPSA) is 88.4 Å². The van der Waals surface area contributed by atoms with Crippen molar-refractivity contribution in [2.24, 2.45) is 0 Å². The Morgan fingerprint density at radius 3 is 2.33 bits per heavy atom. The number of rotatable bonds is 7. The number of carbonyl (C=O) groups excluding carboxylic acids is 2. The van der Waals surface area contributed by atoms with Gasteiger partial charge >= 0.3 is 5.97 Å². The fourth-order valence-corrected chi connectivity index (χ4v) is 3.24. The third-order valence-electron chi connectivity index (χ3n) is 4.53. The highest BCUT2D eigenvalue weighted by Gasteiger charge is 2.11. The minimum absolute atomic E-state index is 0.0753. The maximum atomic E-state index is 12.5. The molecule has 0 heterocycles. The fourth-order valence-electron chi connectivity index (χ4n) is 2.78. The van der Waals surface area contributed by atoms with Gasteiger partial charge in [0, 0.05) is 21.3 Å². The normalized spacial score (nSPS) is 10.8. The molecular formula is C25H18Cl2N2O4. The first-order valence-corrected chi connectivity index (χ1v) is 10.4. The molecule has 0 aromatic heterocycles. The van der Waals surface area contributed by atoms with Crippen LogP contribution in [0.15, 0.2) is 72.3 Å². The van der Waals surface area contributed by atoms with Gasteiger partial charge in [0.2, 0.25) is 0 Å². The number of benzene rings is 3. The number of nitrogens with one attached hydrogen (secondary N) is 1. The van der Waals surface area contributed by atoms with Crippen LogP contribution in [0.3, 0.4) is 0 Å². The van der Waals surface area contributed by atoms with E-state index in [1.54, 1.807) is 54.6 Å². The molecule has 0 radical (unpaired) electrons. The van der Waals surface area contributed by atoms with Gasteiger partial charge in [0.05, 0.1) is 12.7 Å². The first-order valence-electron chi connectivity index (χ1n) is 9.68. The lowest BCUT2D eigenvalue weighted by Gasteiger charge is -2.08. The Balaban J connectivity index is 1.63. The van der Waals surface area contributed by atoms with Gasteiger partial charge < -0.3 is 14.8 Å². The third kappa shape index (κ3) is 6.59. The van der Waals surface area contributed by atoms with Crippen LogP contribution in [0.4, 0.5) is 5.69 Å². The van der Waals surface area contributed by atoms with E-state index >= 15 is 0 Å². The zero-order valence-corrected chi connectivity index (χ0v) is 19.0. The second-order valence-corrected chi connectivity index (χ2v) is 7.63. The summed E-state index contributed by atoms with van der Waals surface area (Å²) >= 11 is 12.0. The van der Waals surface area contributed by atoms with Gasteiger partial charge in [-0.25, -0.2) is 4.79 Å². The number of nitrogens with zero attached hydrogens (tertiary/aromatic N) is 1. The molecule has 166 valence electrons. The van der Waals surface area contributed by atoms with Gasteiger partial charge in [-0.3, -0.25) is 4.79 Å². The van der Waals surface area contributed by atoms with Crippen LogP contribution in [0.1, 0.15) is 21.5 Å². The summed E-state index contributed by atoms with van der Waals surface area (Å²) in [6.45, 7) is 0.270. The van der Waals surface area contributed by atoms with Crippen molar-refractivity contribution in [2.45, 2.75) is 6.61 Å². The van der Waals surface area contributed by atoms with Gasteiger partial charge in [0.1, 0.15) is 24.0 Å². The summed E-state index contributed by atoms with van der Waals surface area (Å²) in [7, 11) is 1.29. The lowest BCUT2D eigenvalue weighted by molar-refractivity contribution is -0.112. The predicted molar refractivity (Wildman–Crippen MR) is 127 cm³/mol. The molecule has 0 saturated carbocycles. The highest BCUT2D eigenvalue weighted by Crippen LogP contribution is 2.23. The summed E-state index contributed by atoms with van der Waals surface area (Å²) < 4.78 is 10.4. The minimum Gasteiger partial charge on any atom is -0.489 e. The minimum atomic E-state index is -0.568. The highest BCUT2D eigenvalue weighted by molar-refractivity contribution is 6.35. The van der Waals surface area contributed by atoms with Crippen molar-refractivity contribution >= 4 is 46.8 Å². The largest absolute Gasteiger partial charge is 0.489 e. The van der Waals surface area contributed by atoms with Crippen molar-refractivity contribution in [1.29, 1.82) is 5.26 Å². The van der Waals surface area contributed by atoms with E-state index in [0.717, 1.165) is 5.56 Å². The molecule has 1 amide bonds. The molecule has 3 rings (SSSR count). The quantitative estimate of drug-likeness (QED) is 0.258. The summed E-state index contributed by atoms with van der Waals surface area (Å²) in [5.74, 6) is -0.443. The number of esters is 1. The molecule has 3 aromatic rings. The number of anilines is 1. The lowest BCUT2D eigenvalue weighted by atomic mass is 10.1. The molecule has 0 aliphatic rings. The molecule has 0 unspecified atom stereocenters. The van der Waals surface area contributed by atoms with Crippen molar-refractivity contribution in [3.8, 4) is 11.8 Å². The number of hydrogen-bond donors (Lipinski definition) is 1. The predicted octanol–water partition coefficient (Wildman–Crippen LogP) is 5.90. The molecule has 6 nitrogen and oxygen atoms in total. The van der Waals surface area contributed by atoms with Crippen LogP contribution < -0.4 is 10.1 Å². The van der Waals surface area contributed by atoms with Gasteiger partial charge in [0.15, 0.2) is 0 Å². The van der Waals surface area contributed by atoms with Crippen molar-refractivity contribution in [3.05, 3.63) is 99.0 Å². The number of amides is 1. The van der Waals surface area contributed by atoms with Crippen LogP contribution in [0.5, 0.6) is 5.75 Å². The van der Waals surface area contributed by atoms with Crippen LogP contribution in [-0.4, -0.2) is 19.0 Å². The van der Waals surface area contributed by atoms with Crippen molar-refractivity contribution < 1.29 is 19.1 Å². The molecule has 0 aliphatic heterocycles. The summed E-state index contributed by atoms with van der Waals surface area (Å²) in [6, 6.07) is 20.2. The molecule has 8 heteroatoms. The summed E-state index contributed by atoms with van der Waals surface area (Å²) in [5, 5.41) is 13.1. The highest BCUT2D eigenvalue weighted by atomic mass is 35.5. The molecule has 0 atom stereocenters. The van der Waals surface area contributed by atoms with Crippen molar-refractivity contribution in [3.63, 3.8) is 0 Å². The maximum absolute atomic E-state index is 12.5. The Morgan fingerprint density at radius 1 is 1.03 bits per heavy atom. The molecule has 0 fully saturated rings. The van der Waals surface area contributed by atoms with E-state index in [9.17, 15) is 14.9 Å². The number of ether oxygens (including phenoxy) is 2. The van der Waals surface area contributed by atoms with Crippen LogP contribution in [0.2, 0.25) is 10.0 Å². The van der Waals surface area contributed by atoms with E-state index in [0.29, 0.717) is 32.6 Å². The van der Waals surface area contributed by atoms with Gasteiger partial charge in [0.25, 0.3) is 5.91 Å². The van der Waals surface area contributed by atoms with Gasteiger partial charge in [-0.15, -0.1) is 0 Å². The van der Waals surface area contributed by atoms with E-state index in [4.69, 9.17) is 27.9 Å². The standard InChI is InChI=1S/C25H18Cl2N2O4/c1-32-25(31)17-5-8-21(9-6-17)29-24(30)19(14-28)12-16-2-10-22(11-3-16)33-15-18-4-7-20(26)13-23(18)27/h2-13H,15H2,1H3,(H,29,30)/b19-12+. The van der Waals surface area contributed by atoms with E-state index in [-0.39, 0.29) is 12.2 Å². The fraction of sp³-hybridized carbons (Fsp3) is 0.0800. The van der Waals surface area contributed by atoms with Gasteiger partial charge in [-0.2, -0.15) is 5.26 Å². The number of carbonyl (C=O) groups is 2.